The molecule has 238 valence electrons. The number of fused-ring (bicyclic) bond motifs is 1. The molecule has 8 rings (SSSR count). The van der Waals surface area contributed by atoms with Crippen molar-refractivity contribution in [1.82, 2.24) is 10.4 Å². The Labute approximate surface area is 277 Å². The summed E-state index contributed by atoms with van der Waals surface area (Å²) in [7, 11) is 0. The van der Waals surface area contributed by atoms with Crippen molar-refractivity contribution in [2.45, 2.75) is 55.2 Å². The number of hydrazone groups is 1. The second-order valence-corrected chi connectivity index (χ2v) is 15.0. The van der Waals surface area contributed by atoms with E-state index in [1.54, 1.807) is 35.8 Å². The molecular formula is C36H38N4O4S2. The minimum Gasteiger partial charge on any atom is -0.490 e. The maximum absolute atomic E-state index is 12.8. The zero-order valence-electron chi connectivity index (χ0n) is 25.9. The molecule has 0 atom stereocenters. The summed E-state index contributed by atoms with van der Waals surface area (Å²) in [5.74, 6) is 3.41. The van der Waals surface area contributed by atoms with Gasteiger partial charge in [-0.3, -0.25) is 9.59 Å². The smallest absolute Gasteiger partial charge is 0.262 e. The van der Waals surface area contributed by atoms with E-state index in [4.69, 9.17) is 9.47 Å². The third-order valence-electron chi connectivity index (χ3n) is 9.45. The van der Waals surface area contributed by atoms with Crippen molar-refractivity contribution in [2.75, 3.05) is 24.3 Å². The highest BCUT2D eigenvalue weighted by molar-refractivity contribution is 8.01. The van der Waals surface area contributed by atoms with Crippen LogP contribution in [-0.2, 0) is 15.0 Å². The molecule has 4 fully saturated rings. The van der Waals surface area contributed by atoms with Crippen LogP contribution in [0.4, 0.5) is 5.69 Å². The Hall–Kier alpha value is -3.89. The molecule has 1 aromatic heterocycles. The summed E-state index contributed by atoms with van der Waals surface area (Å²) in [5.41, 5.74) is 6.77. The molecule has 2 amide bonds. The molecule has 10 heteroatoms. The minimum atomic E-state index is -0.234. The zero-order valence-corrected chi connectivity index (χ0v) is 27.5. The Balaban J connectivity index is 0.894. The first-order chi connectivity index (χ1) is 22.4. The number of carbonyl (C=O) groups is 2. The van der Waals surface area contributed by atoms with E-state index in [0.717, 1.165) is 43.6 Å². The summed E-state index contributed by atoms with van der Waals surface area (Å²) in [4.78, 5) is 29.6. The van der Waals surface area contributed by atoms with Gasteiger partial charge in [0.25, 0.3) is 11.8 Å². The molecule has 3 aromatic carbocycles. The van der Waals surface area contributed by atoms with Crippen LogP contribution >= 0.6 is 23.1 Å². The second-order valence-electron chi connectivity index (χ2n) is 12.8. The van der Waals surface area contributed by atoms with Crippen LogP contribution in [-0.4, -0.2) is 42.0 Å². The third kappa shape index (κ3) is 6.93. The zero-order chi connectivity index (χ0) is 31.5. The Morgan fingerprint density at radius 1 is 0.957 bits per heavy atom. The normalized spacial score (nSPS) is 23.1. The first-order valence-corrected chi connectivity index (χ1v) is 17.9. The van der Waals surface area contributed by atoms with Gasteiger partial charge in [0.05, 0.1) is 28.8 Å². The van der Waals surface area contributed by atoms with Crippen LogP contribution in [0, 0.1) is 17.8 Å². The van der Waals surface area contributed by atoms with Gasteiger partial charge in [-0.15, -0.1) is 11.3 Å². The van der Waals surface area contributed by atoms with E-state index in [0.29, 0.717) is 23.5 Å². The van der Waals surface area contributed by atoms with Crippen molar-refractivity contribution >= 4 is 57.0 Å². The number of thioether (sulfide) groups is 1. The van der Waals surface area contributed by atoms with E-state index < -0.39 is 0 Å². The number of carbonyl (C=O) groups excluding carboxylic acids is 2. The van der Waals surface area contributed by atoms with Crippen molar-refractivity contribution in [3.8, 4) is 11.5 Å². The van der Waals surface area contributed by atoms with Gasteiger partial charge in [0.2, 0.25) is 0 Å². The predicted octanol–water partition coefficient (Wildman–Crippen LogP) is 7.42. The second kappa shape index (κ2) is 13.5. The van der Waals surface area contributed by atoms with Gasteiger partial charge in [0.15, 0.2) is 22.4 Å². The summed E-state index contributed by atoms with van der Waals surface area (Å²) in [6, 6.07) is 21.7. The van der Waals surface area contributed by atoms with Crippen LogP contribution in [0.2, 0.25) is 0 Å². The van der Waals surface area contributed by atoms with Gasteiger partial charge >= 0.3 is 0 Å². The number of anilines is 1. The van der Waals surface area contributed by atoms with Crippen LogP contribution < -0.4 is 20.2 Å². The van der Waals surface area contributed by atoms with Gasteiger partial charge in [0, 0.05) is 5.69 Å². The van der Waals surface area contributed by atoms with Crippen LogP contribution in [0.1, 0.15) is 56.6 Å². The van der Waals surface area contributed by atoms with Crippen molar-refractivity contribution < 1.29 is 19.1 Å². The standard InChI is InChI=1S/C36H38N4O4S2/c1-2-43-31-16-23(20-37-40-34(42)22-45-35-39-29-5-3-4-6-32(29)46-35)7-12-30(31)44-21-33(41)38-28-10-8-27(9-11-28)36-17-24-13-25(18-36)15-26(14-24)19-36/h3-12,16,20,24-26H,2,13-15,17-19,21-22H2,1H3,(H,38,41)(H,40,42)/b37-20+. The number of thiazole rings is 1. The van der Waals surface area contributed by atoms with E-state index in [9.17, 15) is 9.59 Å². The number of aromatic nitrogens is 1. The summed E-state index contributed by atoms with van der Waals surface area (Å²) >= 11 is 2.95. The van der Waals surface area contributed by atoms with Crippen molar-refractivity contribution in [3.63, 3.8) is 0 Å². The molecule has 4 saturated carbocycles. The maximum atomic E-state index is 12.8. The van der Waals surface area contributed by atoms with Crippen molar-refractivity contribution in [1.29, 1.82) is 0 Å². The lowest BCUT2D eigenvalue weighted by Gasteiger charge is -2.57. The molecule has 0 saturated heterocycles. The predicted molar refractivity (Wildman–Crippen MR) is 184 cm³/mol. The van der Waals surface area contributed by atoms with Crippen LogP contribution in [0.3, 0.4) is 0 Å². The quantitative estimate of drug-likeness (QED) is 0.0937. The highest BCUT2D eigenvalue weighted by Gasteiger charge is 2.51. The number of amides is 2. The highest BCUT2D eigenvalue weighted by atomic mass is 32.2. The number of ether oxygens (including phenoxy) is 2. The first-order valence-electron chi connectivity index (χ1n) is 16.0. The van der Waals surface area contributed by atoms with E-state index in [-0.39, 0.29) is 24.2 Å². The third-order valence-corrected chi connectivity index (χ3v) is 11.6. The van der Waals surface area contributed by atoms with Gasteiger partial charge in [-0.25, -0.2) is 10.4 Å². The molecule has 1 heterocycles. The van der Waals surface area contributed by atoms with Crippen LogP contribution in [0.15, 0.2) is 76.2 Å². The first kappa shape index (κ1) is 30.7. The van der Waals surface area contributed by atoms with Gasteiger partial charge in [-0.05, 0) is 122 Å². The number of hydrogen-bond donors (Lipinski definition) is 2. The number of hydrogen-bond acceptors (Lipinski definition) is 8. The average molecular weight is 655 g/mol. The van der Waals surface area contributed by atoms with E-state index in [2.05, 4.69) is 33.0 Å². The van der Waals surface area contributed by atoms with Crippen molar-refractivity contribution in [2.24, 2.45) is 22.9 Å². The monoisotopic (exact) mass is 654 g/mol. The van der Waals surface area contributed by atoms with Crippen LogP contribution in [0.25, 0.3) is 10.2 Å². The molecule has 0 spiro atoms. The average Bonchev–Trinajstić information content (AvgIpc) is 3.46. The lowest BCUT2D eigenvalue weighted by molar-refractivity contribution is -0.119. The molecule has 4 aliphatic rings. The lowest BCUT2D eigenvalue weighted by atomic mass is 9.48. The summed E-state index contributed by atoms with van der Waals surface area (Å²) in [6.07, 6.45) is 9.81. The molecule has 4 aromatic rings. The Morgan fingerprint density at radius 3 is 2.41 bits per heavy atom. The Bertz CT molecular complexity index is 1680. The van der Waals surface area contributed by atoms with Gasteiger partial charge in [0.1, 0.15) is 0 Å². The molecule has 0 aliphatic heterocycles. The molecule has 2 N–H and O–H groups in total. The minimum absolute atomic E-state index is 0.146. The molecule has 4 aliphatic carbocycles. The molecular weight excluding hydrogens is 617 g/mol. The fraction of sp³-hybridized carbons (Fsp3) is 0.389. The summed E-state index contributed by atoms with van der Waals surface area (Å²) in [6.45, 7) is 2.17. The van der Waals surface area contributed by atoms with Gasteiger partial charge in [-0.1, -0.05) is 36.0 Å². The number of nitrogens with zero attached hydrogens (tertiary/aromatic N) is 2. The molecule has 46 heavy (non-hydrogen) atoms. The van der Waals surface area contributed by atoms with Gasteiger partial charge < -0.3 is 14.8 Å². The number of benzene rings is 3. The highest BCUT2D eigenvalue weighted by Crippen LogP contribution is 2.60. The largest absolute Gasteiger partial charge is 0.490 e. The topological polar surface area (TPSA) is 102 Å². The van der Waals surface area contributed by atoms with Crippen LogP contribution in [0.5, 0.6) is 11.5 Å². The summed E-state index contributed by atoms with van der Waals surface area (Å²) < 4.78 is 13.6. The molecule has 0 unspecified atom stereocenters. The Kier molecular flexibility index (Phi) is 8.99. The maximum Gasteiger partial charge on any atom is 0.262 e. The Morgan fingerprint density at radius 2 is 1.70 bits per heavy atom. The molecule has 0 radical (unpaired) electrons. The SMILES string of the molecule is CCOc1cc(/C=N/NC(=O)CSc2nc3ccccc3s2)ccc1OCC(=O)Nc1ccc(C23CC4CC(CC(C4)C2)C3)cc1. The van der Waals surface area contributed by atoms with E-state index >= 15 is 0 Å². The lowest BCUT2D eigenvalue weighted by Crippen LogP contribution is -2.48. The number of rotatable bonds is 12. The molecule has 4 bridgehead atoms. The van der Waals surface area contributed by atoms with Crippen molar-refractivity contribution in [3.05, 3.63) is 77.9 Å². The number of nitrogens with one attached hydrogen (secondary N) is 2. The molecule has 8 nitrogen and oxygen atoms in total. The fourth-order valence-corrected chi connectivity index (χ4v) is 9.82. The summed E-state index contributed by atoms with van der Waals surface area (Å²) in [5, 5.41) is 7.06. The van der Waals surface area contributed by atoms with E-state index in [1.807, 2.05) is 43.3 Å². The fourth-order valence-electron chi connectivity index (χ4n) is 7.96. The number of para-hydroxylation sites is 1. The van der Waals surface area contributed by atoms with Gasteiger partial charge in [-0.2, -0.15) is 5.10 Å². The van der Waals surface area contributed by atoms with E-state index in [1.165, 1.54) is 55.9 Å².